The summed E-state index contributed by atoms with van der Waals surface area (Å²) in [6.45, 7) is 0.364. The predicted octanol–water partition coefficient (Wildman–Crippen LogP) is 4.37. The summed E-state index contributed by atoms with van der Waals surface area (Å²) in [5.41, 5.74) is 6.88. The molecule has 0 saturated heterocycles. The van der Waals surface area contributed by atoms with Crippen molar-refractivity contribution in [1.29, 1.82) is 0 Å². The van der Waals surface area contributed by atoms with Gasteiger partial charge < -0.3 is 21.5 Å². The second-order valence-electron chi connectivity index (χ2n) is 7.44. The Bertz CT molecular complexity index is 1130. The molecule has 3 aromatic rings. The minimum atomic E-state index is -4.33. The number of nitrogens with two attached hydrogens (primary N) is 1. The van der Waals surface area contributed by atoms with Crippen LogP contribution in [0.25, 0.3) is 10.4 Å². The molecule has 0 saturated carbocycles. The number of anilines is 2. The number of hydrogen-bond acceptors (Lipinski definition) is 6. The van der Waals surface area contributed by atoms with Crippen LogP contribution in [0.2, 0.25) is 0 Å². The summed E-state index contributed by atoms with van der Waals surface area (Å²) < 4.78 is 51.7. The third-order valence-corrected chi connectivity index (χ3v) is 5.59. The molecule has 0 radical (unpaired) electrons. The first-order valence-electron chi connectivity index (χ1n) is 9.93. The first kappa shape index (κ1) is 24.6. The largest absolute Gasteiger partial charge is 0.401 e. The Balaban J connectivity index is 1.82. The number of carbonyl (C=O) groups excluding carboxylic acids is 1. The number of nitrogens with one attached hydrogen (secondary N) is 2. The van der Waals surface area contributed by atoms with Gasteiger partial charge in [-0.15, -0.1) is 11.3 Å². The highest BCUT2D eigenvalue weighted by molar-refractivity contribution is 7.19. The average Bonchev–Trinajstić information content (AvgIpc) is 3.10. The standard InChI is InChI=1S/C22H22F4N4O2S/c1-12(31)7-13-5-6-15(17(23)8-13)18-9-16(20(27)32)21(33-18)30-19-4-2-3-14(29-19)10-28-11-22(24,25)26/h2-6,8-9,12,28,31H,7,10-11H2,1H3,(H2,27,32)(H,29,30). The van der Waals surface area contributed by atoms with E-state index >= 15 is 0 Å². The lowest BCUT2D eigenvalue weighted by Crippen LogP contribution is -2.28. The van der Waals surface area contributed by atoms with Crippen molar-refractivity contribution < 1.29 is 27.5 Å². The molecule has 5 N–H and O–H groups in total. The molecule has 2 heterocycles. The molecule has 1 unspecified atom stereocenters. The number of alkyl halides is 3. The van der Waals surface area contributed by atoms with Crippen LogP contribution in [0, 0.1) is 5.82 Å². The summed E-state index contributed by atoms with van der Waals surface area (Å²) in [5.74, 6) is -0.938. The van der Waals surface area contributed by atoms with E-state index in [1.54, 1.807) is 37.3 Å². The fraction of sp³-hybridized carbons (Fsp3) is 0.273. The molecule has 33 heavy (non-hydrogen) atoms. The Morgan fingerprint density at radius 1 is 1.24 bits per heavy atom. The van der Waals surface area contributed by atoms with Gasteiger partial charge in [-0.05, 0) is 43.2 Å². The highest BCUT2D eigenvalue weighted by Crippen LogP contribution is 2.38. The zero-order chi connectivity index (χ0) is 24.2. The van der Waals surface area contributed by atoms with Gasteiger partial charge in [0.25, 0.3) is 5.91 Å². The van der Waals surface area contributed by atoms with Gasteiger partial charge in [-0.2, -0.15) is 13.2 Å². The lowest BCUT2D eigenvalue weighted by atomic mass is 10.0. The van der Waals surface area contributed by atoms with Crippen molar-refractivity contribution in [3.8, 4) is 10.4 Å². The van der Waals surface area contributed by atoms with Crippen molar-refractivity contribution >= 4 is 28.1 Å². The summed E-state index contributed by atoms with van der Waals surface area (Å²) in [6.07, 6.45) is -4.63. The maximum Gasteiger partial charge on any atom is 0.401 e. The van der Waals surface area contributed by atoms with Gasteiger partial charge in [-0.25, -0.2) is 9.37 Å². The number of aliphatic hydroxyl groups excluding tert-OH is 1. The first-order valence-corrected chi connectivity index (χ1v) is 10.7. The van der Waals surface area contributed by atoms with Crippen LogP contribution < -0.4 is 16.4 Å². The van der Waals surface area contributed by atoms with Gasteiger partial charge in [0.15, 0.2) is 0 Å². The van der Waals surface area contributed by atoms with Crippen LogP contribution in [-0.2, 0) is 13.0 Å². The average molecular weight is 483 g/mol. The smallest absolute Gasteiger partial charge is 0.393 e. The van der Waals surface area contributed by atoms with Crippen molar-refractivity contribution in [1.82, 2.24) is 10.3 Å². The second-order valence-corrected chi connectivity index (χ2v) is 8.50. The van der Waals surface area contributed by atoms with E-state index in [0.29, 0.717) is 33.4 Å². The quantitative estimate of drug-likeness (QED) is 0.340. The number of rotatable bonds is 9. The van der Waals surface area contributed by atoms with E-state index in [1.807, 2.05) is 0 Å². The molecule has 0 aliphatic rings. The lowest BCUT2D eigenvalue weighted by molar-refractivity contribution is -0.125. The van der Waals surface area contributed by atoms with Gasteiger partial charge in [0, 0.05) is 17.0 Å². The van der Waals surface area contributed by atoms with Crippen LogP contribution in [0.5, 0.6) is 0 Å². The Morgan fingerprint density at radius 3 is 2.64 bits per heavy atom. The maximum atomic E-state index is 14.7. The normalized spacial score (nSPS) is 12.5. The van der Waals surface area contributed by atoms with Gasteiger partial charge in [0.1, 0.15) is 16.6 Å². The number of halogens is 4. The van der Waals surface area contributed by atoms with Gasteiger partial charge in [0.2, 0.25) is 0 Å². The molecule has 0 aliphatic heterocycles. The molecule has 1 amide bonds. The van der Waals surface area contributed by atoms with E-state index in [4.69, 9.17) is 5.73 Å². The van der Waals surface area contributed by atoms with Gasteiger partial charge in [-0.1, -0.05) is 18.2 Å². The lowest BCUT2D eigenvalue weighted by Gasteiger charge is -2.09. The van der Waals surface area contributed by atoms with Crippen molar-refractivity contribution in [3.63, 3.8) is 0 Å². The second kappa shape index (κ2) is 10.3. The Kier molecular flexibility index (Phi) is 7.67. The number of aliphatic hydroxyl groups is 1. The van der Waals surface area contributed by atoms with E-state index in [2.05, 4.69) is 15.6 Å². The number of hydrogen-bond donors (Lipinski definition) is 4. The number of amides is 1. The van der Waals surface area contributed by atoms with E-state index in [0.717, 1.165) is 11.3 Å². The molecule has 2 aromatic heterocycles. The van der Waals surface area contributed by atoms with Gasteiger partial charge >= 0.3 is 6.18 Å². The number of benzene rings is 1. The molecule has 6 nitrogen and oxygen atoms in total. The maximum absolute atomic E-state index is 14.7. The molecule has 0 bridgehead atoms. The van der Waals surface area contributed by atoms with E-state index in [1.165, 1.54) is 12.1 Å². The summed E-state index contributed by atoms with van der Waals surface area (Å²) in [4.78, 5) is 16.6. The monoisotopic (exact) mass is 482 g/mol. The number of primary amides is 1. The highest BCUT2D eigenvalue weighted by Gasteiger charge is 2.26. The van der Waals surface area contributed by atoms with Crippen molar-refractivity contribution in [2.75, 3.05) is 11.9 Å². The molecule has 11 heteroatoms. The van der Waals surface area contributed by atoms with E-state index in [9.17, 15) is 27.5 Å². The number of carbonyl (C=O) groups is 1. The van der Waals surface area contributed by atoms with Crippen molar-refractivity contribution in [2.45, 2.75) is 32.2 Å². The SMILES string of the molecule is CC(O)Cc1ccc(-c2cc(C(N)=O)c(Nc3cccc(CNCC(F)(F)F)n3)s2)c(F)c1. The number of aromatic nitrogens is 1. The zero-order valence-corrected chi connectivity index (χ0v) is 18.4. The molecular formula is C22H22F4N4O2S. The Labute approximate surface area is 191 Å². The predicted molar refractivity (Wildman–Crippen MR) is 119 cm³/mol. The fourth-order valence-electron chi connectivity index (χ4n) is 3.12. The van der Waals surface area contributed by atoms with Crippen LogP contribution in [0.3, 0.4) is 0 Å². The van der Waals surface area contributed by atoms with Crippen LogP contribution >= 0.6 is 11.3 Å². The molecular weight excluding hydrogens is 460 g/mol. The summed E-state index contributed by atoms with van der Waals surface area (Å²) in [6, 6.07) is 10.8. The van der Waals surface area contributed by atoms with Crippen LogP contribution in [0.1, 0.15) is 28.5 Å². The number of nitrogens with zero attached hydrogens (tertiary/aromatic N) is 1. The van der Waals surface area contributed by atoms with Crippen molar-refractivity contribution in [3.05, 3.63) is 65.1 Å². The van der Waals surface area contributed by atoms with E-state index in [-0.39, 0.29) is 17.7 Å². The highest BCUT2D eigenvalue weighted by atomic mass is 32.1. The number of thiophene rings is 1. The molecule has 0 aliphatic carbocycles. The zero-order valence-electron chi connectivity index (χ0n) is 17.5. The molecule has 3 rings (SSSR count). The first-order chi connectivity index (χ1) is 15.5. The molecule has 0 fully saturated rings. The third kappa shape index (κ3) is 6.98. The molecule has 1 atom stereocenters. The number of pyridine rings is 1. The summed E-state index contributed by atoms with van der Waals surface area (Å²) in [7, 11) is 0. The van der Waals surface area contributed by atoms with Gasteiger partial charge in [0.05, 0.1) is 23.9 Å². The summed E-state index contributed by atoms with van der Waals surface area (Å²) >= 11 is 1.09. The fourth-order valence-corrected chi connectivity index (χ4v) is 4.22. The van der Waals surface area contributed by atoms with Gasteiger partial charge in [-0.3, -0.25) is 4.79 Å². The van der Waals surface area contributed by atoms with Crippen LogP contribution in [0.15, 0.2) is 42.5 Å². The van der Waals surface area contributed by atoms with Crippen molar-refractivity contribution in [2.24, 2.45) is 5.73 Å². The third-order valence-electron chi connectivity index (χ3n) is 4.51. The Morgan fingerprint density at radius 2 is 2.00 bits per heavy atom. The van der Waals surface area contributed by atoms with Crippen LogP contribution in [-0.4, -0.2) is 34.8 Å². The van der Waals surface area contributed by atoms with Crippen LogP contribution in [0.4, 0.5) is 28.4 Å². The molecule has 0 spiro atoms. The Hall–Kier alpha value is -3.02. The topological polar surface area (TPSA) is 100 Å². The molecule has 176 valence electrons. The van der Waals surface area contributed by atoms with E-state index < -0.39 is 30.5 Å². The molecule has 1 aromatic carbocycles. The summed E-state index contributed by atoms with van der Waals surface area (Å²) in [5, 5.41) is 15.0. The minimum absolute atomic E-state index is 0.0998. The minimum Gasteiger partial charge on any atom is -0.393 e.